The molecular formula is C15H12N4O2. The van der Waals surface area contributed by atoms with Crippen LogP contribution in [0.15, 0.2) is 30.4 Å². The van der Waals surface area contributed by atoms with E-state index in [0.29, 0.717) is 11.2 Å². The molecule has 0 unspecified atom stereocenters. The molecule has 0 fully saturated rings. The predicted octanol–water partition coefficient (Wildman–Crippen LogP) is 2.30. The molecule has 6 nitrogen and oxygen atoms in total. The Morgan fingerprint density at radius 3 is 2.38 bits per heavy atom. The molecule has 0 saturated heterocycles. The van der Waals surface area contributed by atoms with E-state index in [9.17, 15) is 10.2 Å². The van der Waals surface area contributed by atoms with Gasteiger partial charge < -0.3 is 10.2 Å². The van der Waals surface area contributed by atoms with Crippen LogP contribution in [0.4, 0.5) is 0 Å². The third kappa shape index (κ3) is 1.22. The van der Waals surface area contributed by atoms with Crippen molar-refractivity contribution in [2.45, 2.75) is 18.3 Å². The Morgan fingerprint density at radius 2 is 1.67 bits per heavy atom. The van der Waals surface area contributed by atoms with Crippen LogP contribution in [0.2, 0.25) is 0 Å². The van der Waals surface area contributed by atoms with E-state index in [-0.39, 0.29) is 23.6 Å². The van der Waals surface area contributed by atoms with Crippen molar-refractivity contribution in [3.63, 3.8) is 0 Å². The van der Waals surface area contributed by atoms with Crippen molar-refractivity contribution in [2.75, 3.05) is 0 Å². The van der Waals surface area contributed by atoms with Gasteiger partial charge in [0.1, 0.15) is 11.0 Å². The number of nitrogens with one attached hydrogen (secondary N) is 1. The minimum atomic E-state index is 0.127. The molecule has 0 radical (unpaired) electrons. The van der Waals surface area contributed by atoms with Crippen LogP contribution in [0.1, 0.15) is 29.4 Å². The molecule has 5 rings (SSSR count). The minimum Gasteiger partial charge on any atom is -0.494 e. The zero-order valence-electron chi connectivity index (χ0n) is 11.0. The first-order chi connectivity index (χ1) is 10.2. The van der Waals surface area contributed by atoms with Crippen molar-refractivity contribution in [1.29, 1.82) is 0 Å². The Hall–Kier alpha value is -2.76. The van der Waals surface area contributed by atoms with E-state index in [4.69, 9.17) is 0 Å². The molecule has 0 amide bonds. The fraction of sp³-hybridized carbons (Fsp3) is 0.200. The van der Waals surface area contributed by atoms with Crippen molar-refractivity contribution in [3.8, 4) is 17.4 Å². The summed E-state index contributed by atoms with van der Waals surface area (Å²) in [6, 6.07) is 5.42. The van der Waals surface area contributed by atoms with Gasteiger partial charge in [0.25, 0.3) is 0 Å². The molecule has 0 spiro atoms. The zero-order chi connectivity index (χ0) is 14.1. The summed E-state index contributed by atoms with van der Waals surface area (Å²) in [5.41, 5.74) is 3.85. The first-order valence-electron chi connectivity index (χ1n) is 6.89. The Bertz CT molecular complexity index is 886. The minimum absolute atomic E-state index is 0.127. The maximum absolute atomic E-state index is 10.6. The summed E-state index contributed by atoms with van der Waals surface area (Å²) in [6.45, 7) is 0. The number of allylic oxidation sites excluding steroid dienone is 2. The van der Waals surface area contributed by atoms with E-state index in [2.05, 4.69) is 27.6 Å². The van der Waals surface area contributed by atoms with Crippen molar-refractivity contribution in [2.24, 2.45) is 0 Å². The van der Waals surface area contributed by atoms with Gasteiger partial charge in [0.2, 0.25) is 11.8 Å². The molecule has 104 valence electrons. The fourth-order valence-electron chi connectivity index (χ4n) is 3.65. The number of aromatic nitrogens is 4. The van der Waals surface area contributed by atoms with E-state index < -0.39 is 0 Å². The quantitative estimate of drug-likeness (QED) is 0.597. The second kappa shape index (κ2) is 3.46. The summed E-state index contributed by atoms with van der Waals surface area (Å²) in [7, 11) is 0. The summed E-state index contributed by atoms with van der Waals surface area (Å²) in [6.07, 6.45) is 5.17. The molecule has 2 atom stereocenters. The number of aromatic amines is 1. The van der Waals surface area contributed by atoms with Crippen LogP contribution in [0.5, 0.6) is 11.8 Å². The zero-order valence-corrected chi connectivity index (χ0v) is 11.0. The van der Waals surface area contributed by atoms with Gasteiger partial charge in [-0.25, -0.2) is 0 Å². The third-order valence-electron chi connectivity index (χ3n) is 4.58. The van der Waals surface area contributed by atoms with E-state index in [1.54, 1.807) is 6.07 Å². The van der Waals surface area contributed by atoms with Crippen LogP contribution in [0, 0.1) is 0 Å². The van der Waals surface area contributed by atoms with E-state index in [0.717, 1.165) is 23.1 Å². The molecule has 3 aromatic rings. The fourth-order valence-corrected chi connectivity index (χ4v) is 3.65. The number of nitrogens with zero attached hydrogens (tertiary/aromatic N) is 3. The maximum Gasteiger partial charge on any atom is 0.202 e. The smallest absolute Gasteiger partial charge is 0.202 e. The Balaban J connectivity index is 1.77. The average molecular weight is 280 g/mol. The van der Waals surface area contributed by atoms with Crippen LogP contribution < -0.4 is 0 Å². The lowest BCUT2D eigenvalue weighted by molar-refractivity contribution is 0.395. The monoisotopic (exact) mass is 280 g/mol. The summed E-state index contributed by atoms with van der Waals surface area (Å²) < 4.78 is 1.49. The summed E-state index contributed by atoms with van der Waals surface area (Å²) in [4.78, 5) is 0. The lowest BCUT2D eigenvalue weighted by Gasteiger charge is -2.09. The summed E-state index contributed by atoms with van der Waals surface area (Å²) in [5, 5.41) is 31.7. The van der Waals surface area contributed by atoms with Gasteiger partial charge in [0.15, 0.2) is 0 Å². The highest BCUT2D eigenvalue weighted by Gasteiger charge is 2.41. The van der Waals surface area contributed by atoms with Crippen molar-refractivity contribution in [1.82, 2.24) is 20.0 Å². The normalized spacial score (nSPS) is 22.3. The molecule has 21 heavy (non-hydrogen) atoms. The highest BCUT2D eigenvalue weighted by atomic mass is 16.3. The van der Waals surface area contributed by atoms with Gasteiger partial charge in [-0.3, -0.25) is 4.57 Å². The van der Waals surface area contributed by atoms with Crippen LogP contribution in [0.25, 0.3) is 16.7 Å². The maximum atomic E-state index is 10.6. The Labute approximate surface area is 119 Å². The molecule has 2 aliphatic rings. The number of hydrogen-bond acceptors (Lipinski definition) is 4. The van der Waals surface area contributed by atoms with Gasteiger partial charge in [-0.1, -0.05) is 12.2 Å². The van der Waals surface area contributed by atoms with Crippen molar-refractivity contribution in [3.05, 3.63) is 41.5 Å². The molecule has 3 N–H and O–H groups in total. The molecular weight excluding hydrogens is 268 g/mol. The standard InChI is InChI=1S/C15H12N4O2/c20-14-12-7-1-2-8(5-7)13(12)15(21)19(14)9-3-4-10-11(6-9)17-18-16-10/h1-4,6-8,20-21H,5H2,(H,16,17,18)/t7-,8+. The lowest BCUT2D eigenvalue weighted by Crippen LogP contribution is -1.95. The molecule has 2 bridgehead atoms. The number of benzene rings is 1. The van der Waals surface area contributed by atoms with Gasteiger partial charge in [-0.05, 0) is 24.6 Å². The van der Waals surface area contributed by atoms with E-state index >= 15 is 0 Å². The van der Waals surface area contributed by atoms with Crippen molar-refractivity contribution < 1.29 is 10.2 Å². The summed E-state index contributed by atoms with van der Waals surface area (Å²) >= 11 is 0. The van der Waals surface area contributed by atoms with Gasteiger partial charge in [-0.15, -0.1) is 0 Å². The molecule has 1 aromatic carbocycles. The topological polar surface area (TPSA) is 87.0 Å². The van der Waals surface area contributed by atoms with Gasteiger partial charge in [0, 0.05) is 23.0 Å². The Morgan fingerprint density at radius 1 is 1.00 bits per heavy atom. The highest BCUT2D eigenvalue weighted by molar-refractivity contribution is 5.77. The number of hydrogen-bond donors (Lipinski definition) is 3. The van der Waals surface area contributed by atoms with Crippen LogP contribution in [-0.2, 0) is 0 Å². The second-order valence-corrected chi connectivity index (χ2v) is 5.64. The molecule has 6 heteroatoms. The van der Waals surface area contributed by atoms with E-state index in [1.165, 1.54) is 4.57 Å². The van der Waals surface area contributed by atoms with E-state index in [1.807, 2.05) is 12.1 Å². The largest absolute Gasteiger partial charge is 0.494 e. The molecule has 0 saturated carbocycles. The predicted molar refractivity (Wildman–Crippen MR) is 75.8 cm³/mol. The van der Waals surface area contributed by atoms with Crippen LogP contribution in [0.3, 0.4) is 0 Å². The first-order valence-corrected chi connectivity index (χ1v) is 6.89. The van der Waals surface area contributed by atoms with Crippen LogP contribution >= 0.6 is 0 Å². The molecule has 2 aliphatic carbocycles. The first kappa shape index (κ1) is 11.0. The average Bonchev–Trinajstić information content (AvgIpc) is 3.22. The number of fused-ring (bicyclic) bond motifs is 6. The second-order valence-electron chi connectivity index (χ2n) is 5.64. The molecule has 2 aromatic heterocycles. The molecule has 0 aliphatic heterocycles. The molecule has 2 heterocycles. The lowest BCUT2D eigenvalue weighted by atomic mass is 10.0. The third-order valence-corrected chi connectivity index (χ3v) is 4.58. The Kier molecular flexibility index (Phi) is 1.81. The van der Waals surface area contributed by atoms with Crippen molar-refractivity contribution >= 4 is 11.0 Å². The van der Waals surface area contributed by atoms with Gasteiger partial charge in [-0.2, -0.15) is 15.4 Å². The number of rotatable bonds is 1. The van der Waals surface area contributed by atoms with Gasteiger partial charge >= 0.3 is 0 Å². The highest BCUT2D eigenvalue weighted by Crippen LogP contribution is 2.57. The SMILES string of the molecule is Oc1c2c(c(O)n1-c1ccc3n[nH]nc3c1)[C@H]1C=C[C@@H]2C1. The van der Waals surface area contributed by atoms with Gasteiger partial charge in [0.05, 0.1) is 5.69 Å². The van der Waals surface area contributed by atoms with Crippen LogP contribution in [-0.4, -0.2) is 30.2 Å². The number of H-pyrrole nitrogens is 1. The summed E-state index contributed by atoms with van der Waals surface area (Å²) in [5.74, 6) is 0.685. The number of aromatic hydroxyl groups is 2.